The standard InChI is InChI=1S/C23H17F2N3O2S/c1-2-30-19-10-5-16(6-11-19)22(29)28(26-14-15-3-7-17(24)8-4-15)23-27-20-12-9-18(25)13-21(20)31-23/h3-14H,2H2,1H3/b26-14+. The summed E-state index contributed by atoms with van der Waals surface area (Å²) in [6.07, 6.45) is 1.44. The van der Waals surface area contributed by atoms with Gasteiger partial charge in [-0.05, 0) is 67.1 Å². The lowest BCUT2D eigenvalue weighted by molar-refractivity contribution is 0.0988. The normalized spacial score (nSPS) is 11.2. The van der Waals surface area contributed by atoms with Gasteiger partial charge in [0.05, 0.1) is 23.0 Å². The molecule has 0 spiro atoms. The first-order valence-corrected chi connectivity index (χ1v) is 10.3. The number of hydrazone groups is 1. The lowest BCUT2D eigenvalue weighted by atomic mass is 10.2. The molecule has 156 valence electrons. The van der Waals surface area contributed by atoms with E-state index < -0.39 is 5.91 Å². The maximum absolute atomic E-state index is 13.6. The van der Waals surface area contributed by atoms with Crippen molar-refractivity contribution in [2.45, 2.75) is 6.92 Å². The molecular formula is C23H17F2N3O2S. The molecule has 3 aromatic carbocycles. The van der Waals surface area contributed by atoms with Gasteiger partial charge in [0.25, 0.3) is 5.91 Å². The number of hydrogen-bond acceptors (Lipinski definition) is 5. The quantitative estimate of drug-likeness (QED) is 0.289. The summed E-state index contributed by atoms with van der Waals surface area (Å²) in [5.74, 6) is -0.522. The number of rotatable bonds is 6. The lowest BCUT2D eigenvalue weighted by Gasteiger charge is -2.14. The highest BCUT2D eigenvalue weighted by Crippen LogP contribution is 2.30. The Kier molecular flexibility index (Phi) is 5.99. The van der Waals surface area contributed by atoms with E-state index in [0.29, 0.717) is 33.7 Å². The summed E-state index contributed by atoms with van der Waals surface area (Å²) in [6, 6.07) is 16.6. The molecule has 5 nitrogen and oxygen atoms in total. The molecule has 0 aliphatic carbocycles. The summed E-state index contributed by atoms with van der Waals surface area (Å²) >= 11 is 1.15. The molecule has 0 radical (unpaired) electrons. The van der Waals surface area contributed by atoms with Crippen molar-refractivity contribution in [1.82, 2.24) is 4.98 Å². The Balaban J connectivity index is 1.71. The highest BCUT2D eigenvalue weighted by atomic mass is 32.1. The Labute approximate surface area is 181 Å². The molecule has 8 heteroatoms. The van der Waals surface area contributed by atoms with Gasteiger partial charge in [-0.2, -0.15) is 10.1 Å². The zero-order valence-electron chi connectivity index (χ0n) is 16.5. The number of benzene rings is 3. The van der Waals surface area contributed by atoms with Gasteiger partial charge in [0.2, 0.25) is 5.13 Å². The van der Waals surface area contributed by atoms with Crippen LogP contribution in [0.5, 0.6) is 5.75 Å². The van der Waals surface area contributed by atoms with E-state index in [1.54, 1.807) is 42.5 Å². The summed E-state index contributed by atoms with van der Waals surface area (Å²) in [7, 11) is 0. The summed E-state index contributed by atoms with van der Waals surface area (Å²) in [5.41, 5.74) is 1.55. The van der Waals surface area contributed by atoms with Gasteiger partial charge in [-0.25, -0.2) is 13.8 Å². The number of ether oxygens (including phenoxy) is 1. The molecule has 31 heavy (non-hydrogen) atoms. The Morgan fingerprint density at radius 1 is 1.06 bits per heavy atom. The fourth-order valence-corrected chi connectivity index (χ4v) is 3.77. The first-order valence-electron chi connectivity index (χ1n) is 9.46. The lowest BCUT2D eigenvalue weighted by Crippen LogP contribution is -2.25. The van der Waals surface area contributed by atoms with Gasteiger partial charge in [0.15, 0.2) is 0 Å². The van der Waals surface area contributed by atoms with Gasteiger partial charge in [0, 0.05) is 5.56 Å². The predicted octanol–water partition coefficient (Wildman–Crippen LogP) is 5.65. The molecule has 4 rings (SSSR count). The van der Waals surface area contributed by atoms with Crippen LogP contribution >= 0.6 is 11.3 Å². The van der Waals surface area contributed by atoms with Crippen molar-refractivity contribution in [2.24, 2.45) is 5.10 Å². The molecule has 0 atom stereocenters. The number of halogens is 2. The van der Waals surface area contributed by atoms with E-state index in [4.69, 9.17) is 4.74 Å². The largest absolute Gasteiger partial charge is 0.494 e. The van der Waals surface area contributed by atoms with E-state index >= 15 is 0 Å². The average Bonchev–Trinajstić information content (AvgIpc) is 3.18. The molecule has 0 N–H and O–H groups in total. The molecule has 1 amide bonds. The topological polar surface area (TPSA) is 54.8 Å². The molecule has 4 aromatic rings. The third-order valence-corrected chi connectivity index (χ3v) is 5.31. The van der Waals surface area contributed by atoms with Gasteiger partial charge < -0.3 is 4.74 Å². The van der Waals surface area contributed by atoms with Crippen molar-refractivity contribution in [3.8, 4) is 5.75 Å². The van der Waals surface area contributed by atoms with Crippen LogP contribution in [0.15, 0.2) is 71.8 Å². The average molecular weight is 437 g/mol. The van der Waals surface area contributed by atoms with Gasteiger partial charge >= 0.3 is 0 Å². The van der Waals surface area contributed by atoms with E-state index in [1.807, 2.05) is 6.92 Å². The van der Waals surface area contributed by atoms with Crippen molar-refractivity contribution < 1.29 is 18.3 Å². The smallest absolute Gasteiger partial charge is 0.280 e. The van der Waals surface area contributed by atoms with Crippen LogP contribution in [0.3, 0.4) is 0 Å². The zero-order valence-corrected chi connectivity index (χ0v) is 17.3. The molecule has 0 unspecified atom stereocenters. The van der Waals surface area contributed by atoms with E-state index in [2.05, 4.69) is 10.1 Å². The second-order valence-electron chi connectivity index (χ2n) is 6.48. The highest BCUT2D eigenvalue weighted by molar-refractivity contribution is 7.22. The second kappa shape index (κ2) is 9.01. The first kappa shape index (κ1) is 20.6. The van der Waals surface area contributed by atoms with Crippen molar-refractivity contribution in [1.29, 1.82) is 0 Å². The van der Waals surface area contributed by atoms with E-state index in [9.17, 15) is 13.6 Å². The third-order valence-electron chi connectivity index (χ3n) is 4.32. The molecule has 0 bridgehead atoms. The monoisotopic (exact) mass is 437 g/mol. The number of anilines is 1. The summed E-state index contributed by atoms with van der Waals surface area (Å²) in [6.45, 7) is 2.39. The Hall–Kier alpha value is -3.65. The molecule has 0 fully saturated rings. The molecule has 0 saturated carbocycles. The summed E-state index contributed by atoms with van der Waals surface area (Å²) in [5, 5.41) is 5.75. The van der Waals surface area contributed by atoms with Crippen molar-refractivity contribution in [3.05, 3.63) is 89.5 Å². The predicted molar refractivity (Wildman–Crippen MR) is 118 cm³/mol. The number of nitrogens with zero attached hydrogens (tertiary/aromatic N) is 3. The number of fused-ring (bicyclic) bond motifs is 1. The van der Waals surface area contributed by atoms with E-state index in [1.165, 1.54) is 30.5 Å². The van der Waals surface area contributed by atoms with Gasteiger partial charge in [0.1, 0.15) is 17.4 Å². The SMILES string of the molecule is CCOc1ccc(C(=O)N(/N=C/c2ccc(F)cc2)c2nc3ccc(F)cc3s2)cc1. The number of carbonyl (C=O) groups excluding carboxylic acids is 1. The molecular weight excluding hydrogens is 420 g/mol. The van der Waals surface area contributed by atoms with Crippen LogP contribution in [0.1, 0.15) is 22.8 Å². The van der Waals surface area contributed by atoms with Crippen molar-refractivity contribution in [2.75, 3.05) is 11.6 Å². The maximum Gasteiger partial charge on any atom is 0.280 e. The van der Waals surface area contributed by atoms with Crippen molar-refractivity contribution >= 4 is 38.8 Å². The summed E-state index contributed by atoms with van der Waals surface area (Å²) in [4.78, 5) is 17.7. The maximum atomic E-state index is 13.6. The Morgan fingerprint density at radius 2 is 1.77 bits per heavy atom. The first-order chi connectivity index (χ1) is 15.0. The van der Waals surface area contributed by atoms with Crippen LogP contribution in [0.2, 0.25) is 0 Å². The van der Waals surface area contributed by atoms with Crippen LogP contribution in [0.25, 0.3) is 10.2 Å². The minimum atomic E-state index is -0.416. The van der Waals surface area contributed by atoms with Crippen LogP contribution in [0, 0.1) is 11.6 Å². The number of carbonyl (C=O) groups is 1. The van der Waals surface area contributed by atoms with E-state index in [0.717, 1.165) is 16.3 Å². The van der Waals surface area contributed by atoms with Crippen LogP contribution in [-0.2, 0) is 0 Å². The Bertz CT molecular complexity index is 1240. The minimum absolute atomic E-state index is 0.290. The molecule has 0 saturated heterocycles. The van der Waals surface area contributed by atoms with E-state index in [-0.39, 0.29) is 16.8 Å². The van der Waals surface area contributed by atoms with Crippen molar-refractivity contribution in [3.63, 3.8) is 0 Å². The zero-order chi connectivity index (χ0) is 21.8. The van der Waals surface area contributed by atoms with Gasteiger partial charge in [-0.15, -0.1) is 0 Å². The second-order valence-corrected chi connectivity index (χ2v) is 7.49. The number of aromatic nitrogens is 1. The summed E-state index contributed by atoms with van der Waals surface area (Å²) < 4.78 is 32.8. The number of thiazole rings is 1. The Morgan fingerprint density at radius 3 is 2.48 bits per heavy atom. The van der Waals surface area contributed by atoms with Gasteiger partial charge in [-0.3, -0.25) is 4.79 Å². The number of amides is 1. The van der Waals surface area contributed by atoms with Crippen LogP contribution < -0.4 is 9.75 Å². The fourth-order valence-electron chi connectivity index (χ4n) is 2.82. The minimum Gasteiger partial charge on any atom is -0.494 e. The van der Waals surface area contributed by atoms with Gasteiger partial charge in [-0.1, -0.05) is 23.5 Å². The van der Waals surface area contributed by atoms with Crippen LogP contribution in [0.4, 0.5) is 13.9 Å². The highest BCUT2D eigenvalue weighted by Gasteiger charge is 2.21. The third kappa shape index (κ3) is 4.75. The fraction of sp³-hybridized carbons (Fsp3) is 0.0870. The molecule has 1 heterocycles. The molecule has 1 aromatic heterocycles. The molecule has 0 aliphatic rings. The number of hydrogen-bond donors (Lipinski definition) is 0. The van der Waals surface area contributed by atoms with Crippen LogP contribution in [-0.4, -0.2) is 23.7 Å². The molecule has 0 aliphatic heterocycles.